The van der Waals surface area contributed by atoms with E-state index in [-0.39, 0.29) is 55.1 Å². The van der Waals surface area contributed by atoms with Crippen LogP contribution in [-0.4, -0.2) is 78.0 Å². The van der Waals surface area contributed by atoms with Gasteiger partial charge in [-0.2, -0.15) is 4.98 Å². The van der Waals surface area contributed by atoms with Crippen LogP contribution in [0.3, 0.4) is 0 Å². The summed E-state index contributed by atoms with van der Waals surface area (Å²) in [5.41, 5.74) is 0.503. The third-order valence-electron chi connectivity index (χ3n) is 6.59. The van der Waals surface area contributed by atoms with Gasteiger partial charge in [0.25, 0.3) is 11.8 Å². The van der Waals surface area contributed by atoms with Crippen molar-refractivity contribution in [3.05, 3.63) is 64.8 Å². The lowest BCUT2D eigenvalue weighted by atomic mass is 10.2. The largest absolute Gasteiger partial charge is 0.573 e. The van der Waals surface area contributed by atoms with Crippen molar-refractivity contribution in [1.82, 2.24) is 14.5 Å². The van der Waals surface area contributed by atoms with Gasteiger partial charge in [0, 0.05) is 30.6 Å². The van der Waals surface area contributed by atoms with Crippen LogP contribution < -0.4 is 14.4 Å². The van der Waals surface area contributed by atoms with Crippen molar-refractivity contribution in [3.63, 3.8) is 0 Å². The van der Waals surface area contributed by atoms with Crippen molar-refractivity contribution in [3.8, 4) is 17.5 Å². The number of anilines is 1. The minimum Gasteiger partial charge on any atom is -0.425 e. The molecule has 1 aromatic heterocycles. The molecule has 0 saturated carbocycles. The number of carbonyl (C=O) groups is 3. The number of rotatable bonds is 8. The number of benzene rings is 2. The van der Waals surface area contributed by atoms with Crippen LogP contribution in [0.4, 0.5) is 19.0 Å². The molecular weight excluding hydrogens is 605 g/mol. The average molecular weight is 627 g/mol. The molecule has 5 rings (SSSR count). The topological polar surface area (TPSA) is 128 Å². The smallest absolute Gasteiger partial charge is 0.425 e. The highest BCUT2D eigenvalue weighted by Gasteiger charge is 2.47. The van der Waals surface area contributed by atoms with Crippen LogP contribution in [0.1, 0.15) is 22.5 Å². The molecule has 0 spiro atoms. The molecule has 0 aliphatic carbocycles. The molecule has 222 valence electrons. The van der Waals surface area contributed by atoms with Crippen LogP contribution >= 0.6 is 11.6 Å². The van der Waals surface area contributed by atoms with Gasteiger partial charge in [0.15, 0.2) is 21.3 Å². The van der Waals surface area contributed by atoms with Crippen LogP contribution in [0.5, 0.6) is 17.5 Å². The molecule has 1 saturated heterocycles. The Hall–Kier alpha value is -4.11. The standard InChI is InChI=1S/C26H22ClF3N4O7S/c27-17-7-5-16(6-8-17)14-34-21-22(31-25(34)40-18-3-1-4-19(13-18)41-26(28,29)30)32-10-12-42(38,39)15-20(32)23(36)33(24(21)37)9-2-11-35/h1,3-8,11,13,20H,2,9-10,12,14-15H2. The second-order valence-electron chi connectivity index (χ2n) is 9.48. The quantitative estimate of drug-likeness (QED) is 0.273. The second-order valence-corrected chi connectivity index (χ2v) is 12.1. The Morgan fingerprint density at radius 3 is 2.50 bits per heavy atom. The molecule has 11 nitrogen and oxygen atoms in total. The first-order chi connectivity index (χ1) is 19.8. The Kier molecular flexibility index (Phi) is 7.90. The lowest BCUT2D eigenvalue weighted by Crippen LogP contribution is -2.56. The zero-order chi connectivity index (χ0) is 30.2. The van der Waals surface area contributed by atoms with E-state index in [1.807, 2.05) is 0 Å². The van der Waals surface area contributed by atoms with Crippen LogP contribution in [0.15, 0.2) is 48.5 Å². The first kappa shape index (κ1) is 29.4. The van der Waals surface area contributed by atoms with Crippen molar-refractivity contribution in [2.45, 2.75) is 25.4 Å². The van der Waals surface area contributed by atoms with Crippen molar-refractivity contribution < 1.29 is 45.4 Å². The summed E-state index contributed by atoms with van der Waals surface area (Å²) >= 11 is 6.02. The van der Waals surface area contributed by atoms with Gasteiger partial charge < -0.3 is 19.2 Å². The lowest BCUT2D eigenvalue weighted by Gasteiger charge is -2.34. The number of aldehydes is 1. The Morgan fingerprint density at radius 1 is 1.10 bits per heavy atom. The number of hydrogen-bond acceptors (Lipinski definition) is 9. The molecule has 0 N–H and O–H groups in total. The van der Waals surface area contributed by atoms with Crippen molar-refractivity contribution >= 4 is 45.4 Å². The normalized spacial score (nSPS) is 18.2. The summed E-state index contributed by atoms with van der Waals surface area (Å²) in [4.78, 5) is 45.3. The summed E-state index contributed by atoms with van der Waals surface area (Å²) in [6.07, 6.45) is -4.61. The molecule has 3 heterocycles. The monoisotopic (exact) mass is 626 g/mol. The Morgan fingerprint density at radius 2 is 1.81 bits per heavy atom. The summed E-state index contributed by atoms with van der Waals surface area (Å²) in [5, 5.41) is 0.445. The zero-order valence-electron chi connectivity index (χ0n) is 21.6. The van der Waals surface area contributed by atoms with E-state index >= 15 is 0 Å². The van der Waals surface area contributed by atoms with Gasteiger partial charge in [-0.25, -0.2) is 8.42 Å². The molecule has 1 fully saturated rings. The summed E-state index contributed by atoms with van der Waals surface area (Å²) < 4.78 is 74.6. The van der Waals surface area contributed by atoms with Gasteiger partial charge in [-0.3, -0.25) is 19.1 Å². The van der Waals surface area contributed by atoms with Crippen LogP contribution in [0.2, 0.25) is 5.02 Å². The van der Waals surface area contributed by atoms with E-state index in [9.17, 15) is 36.0 Å². The zero-order valence-corrected chi connectivity index (χ0v) is 23.2. The number of alkyl halides is 3. The van der Waals surface area contributed by atoms with E-state index in [4.69, 9.17) is 16.3 Å². The summed E-state index contributed by atoms with van der Waals surface area (Å²) in [7, 11) is -3.64. The second kappa shape index (κ2) is 11.3. The third kappa shape index (κ3) is 6.21. The fraction of sp³-hybridized carbons (Fsp3) is 0.308. The number of imidazole rings is 1. The highest BCUT2D eigenvalue weighted by atomic mass is 35.5. The number of sulfone groups is 1. The van der Waals surface area contributed by atoms with Gasteiger partial charge in [-0.1, -0.05) is 29.8 Å². The Balaban J connectivity index is 1.65. The summed E-state index contributed by atoms with van der Waals surface area (Å²) in [6.45, 7) is -0.511. The predicted molar refractivity (Wildman–Crippen MR) is 142 cm³/mol. The highest BCUT2D eigenvalue weighted by Crippen LogP contribution is 2.37. The molecule has 2 aliphatic heterocycles. The number of carbonyl (C=O) groups excluding carboxylic acids is 3. The number of ether oxygens (including phenoxy) is 2. The van der Waals surface area contributed by atoms with E-state index < -0.39 is 45.6 Å². The fourth-order valence-electron chi connectivity index (χ4n) is 4.74. The maximum absolute atomic E-state index is 13.9. The van der Waals surface area contributed by atoms with Crippen molar-refractivity contribution in [1.29, 1.82) is 0 Å². The number of imide groups is 1. The molecular formula is C26H22ClF3N4O7S. The van der Waals surface area contributed by atoms with E-state index in [1.54, 1.807) is 24.3 Å². The molecule has 3 aromatic rings. The highest BCUT2D eigenvalue weighted by molar-refractivity contribution is 7.91. The Bertz CT molecular complexity index is 1640. The molecule has 0 radical (unpaired) electrons. The molecule has 42 heavy (non-hydrogen) atoms. The van der Waals surface area contributed by atoms with Crippen molar-refractivity contribution in [2.75, 3.05) is 29.5 Å². The van der Waals surface area contributed by atoms with Gasteiger partial charge in [-0.15, -0.1) is 13.2 Å². The molecule has 1 atom stereocenters. The van der Waals surface area contributed by atoms with Crippen molar-refractivity contribution in [2.24, 2.45) is 0 Å². The third-order valence-corrected chi connectivity index (χ3v) is 8.47. The SMILES string of the molecule is O=CCCN1C(=O)c2c(nc(Oc3cccc(OC(F)(F)F)c3)n2Cc2ccc(Cl)cc2)N2CCS(=O)(=O)CC2C1=O. The molecule has 2 aromatic carbocycles. The first-order valence-corrected chi connectivity index (χ1v) is 14.7. The molecule has 16 heteroatoms. The predicted octanol–water partition coefficient (Wildman–Crippen LogP) is 3.45. The summed E-state index contributed by atoms with van der Waals surface area (Å²) in [5.74, 6) is -3.21. The average Bonchev–Trinajstić information content (AvgIpc) is 3.22. The fourth-order valence-corrected chi connectivity index (χ4v) is 6.31. The van der Waals surface area contributed by atoms with Crippen LogP contribution in [-0.2, 0) is 26.0 Å². The molecule has 2 aliphatic rings. The molecule has 0 bridgehead atoms. The van der Waals surface area contributed by atoms with E-state index in [1.165, 1.54) is 21.6 Å². The Labute approximate surface area is 242 Å². The minimum absolute atomic E-state index is 0.0338. The number of halogens is 4. The van der Waals surface area contributed by atoms with Gasteiger partial charge >= 0.3 is 12.4 Å². The van der Waals surface area contributed by atoms with E-state index in [0.717, 1.165) is 17.0 Å². The van der Waals surface area contributed by atoms with Gasteiger partial charge in [0.1, 0.15) is 23.8 Å². The summed E-state index contributed by atoms with van der Waals surface area (Å²) in [6, 6.07) is 9.73. The lowest BCUT2D eigenvalue weighted by molar-refractivity contribution is -0.274. The minimum atomic E-state index is -4.95. The first-order valence-electron chi connectivity index (χ1n) is 12.5. The van der Waals surface area contributed by atoms with E-state index in [0.29, 0.717) is 16.9 Å². The van der Waals surface area contributed by atoms with Gasteiger partial charge in [0.05, 0.1) is 18.1 Å². The van der Waals surface area contributed by atoms with Crippen LogP contribution in [0, 0.1) is 0 Å². The van der Waals surface area contributed by atoms with Gasteiger partial charge in [0.2, 0.25) is 0 Å². The van der Waals surface area contributed by atoms with Crippen LogP contribution in [0.25, 0.3) is 0 Å². The maximum atomic E-state index is 13.9. The maximum Gasteiger partial charge on any atom is 0.573 e. The number of nitrogens with zero attached hydrogens (tertiary/aromatic N) is 4. The van der Waals surface area contributed by atoms with Gasteiger partial charge in [-0.05, 0) is 29.8 Å². The number of hydrogen-bond donors (Lipinski definition) is 0. The molecule has 1 unspecified atom stereocenters. The van der Waals surface area contributed by atoms with E-state index in [2.05, 4.69) is 9.72 Å². The number of aromatic nitrogens is 2. The molecule has 2 amide bonds. The number of amides is 2. The number of fused-ring (bicyclic) bond motifs is 3.